The van der Waals surface area contributed by atoms with Crippen molar-refractivity contribution in [2.75, 3.05) is 0 Å². The minimum Gasteiger partial charge on any atom is -0.464 e. The van der Waals surface area contributed by atoms with Crippen LogP contribution in [0.2, 0.25) is 5.02 Å². The quantitative estimate of drug-likeness (QED) is 0.569. The van der Waals surface area contributed by atoms with Crippen LogP contribution in [0.5, 0.6) is 5.75 Å². The number of rotatable bonds is 2. The van der Waals surface area contributed by atoms with E-state index < -0.39 is 12.0 Å². The second kappa shape index (κ2) is 6.39. The summed E-state index contributed by atoms with van der Waals surface area (Å²) in [5.74, 6) is 0.349. The zero-order valence-corrected chi connectivity index (χ0v) is 15.1. The normalized spacial score (nSPS) is 20.5. The molecule has 0 saturated heterocycles. The molecular weight excluding hydrogens is 363 g/mol. The van der Waals surface area contributed by atoms with Gasteiger partial charge in [0.2, 0.25) is 6.23 Å². The molecule has 2 aliphatic heterocycles. The van der Waals surface area contributed by atoms with Crippen LogP contribution >= 0.6 is 11.6 Å². The Bertz CT molecular complexity index is 1020. The standard InChI is InChI=1S/C22H16ClFN2O/c23-16-10-6-11-17(24)21(16)22-26-19(15-9-4-5-12-20(15)27-22)13-18(25-26)14-7-2-1-3-8-14/h1-12,19,22H,13H2. The van der Waals surface area contributed by atoms with Crippen LogP contribution in [0.25, 0.3) is 0 Å². The molecule has 3 aromatic rings. The van der Waals surface area contributed by atoms with Crippen molar-refractivity contribution in [3.05, 3.63) is 100 Å². The molecule has 0 N–H and O–H groups in total. The van der Waals surface area contributed by atoms with Gasteiger partial charge in [-0.2, -0.15) is 5.10 Å². The maximum absolute atomic E-state index is 14.6. The Morgan fingerprint density at radius 1 is 0.963 bits per heavy atom. The Morgan fingerprint density at radius 2 is 1.74 bits per heavy atom. The Labute approximate surface area is 161 Å². The molecule has 0 spiro atoms. The molecular formula is C22H16ClFN2O. The van der Waals surface area contributed by atoms with Crippen molar-refractivity contribution in [1.29, 1.82) is 0 Å². The SMILES string of the molecule is Fc1cccc(Cl)c1C1Oc2ccccc2C2CC(c3ccccc3)=NN21. The highest BCUT2D eigenvalue weighted by Crippen LogP contribution is 2.48. The third kappa shape index (κ3) is 2.68. The van der Waals surface area contributed by atoms with E-state index in [0.29, 0.717) is 10.6 Å². The zero-order valence-electron chi connectivity index (χ0n) is 14.3. The maximum atomic E-state index is 14.6. The second-order valence-corrected chi connectivity index (χ2v) is 7.06. The first-order valence-corrected chi connectivity index (χ1v) is 9.21. The van der Waals surface area contributed by atoms with Crippen LogP contribution in [-0.4, -0.2) is 10.7 Å². The average Bonchev–Trinajstić information content (AvgIpc) is 3.14. The number of hydrogen-bond acceptors (Lipinski definition) is 3. The summed E-state index contributed by atoms with van der Waals surface area (Å²) in [7, 11) is 0. The van der Waals surface area contributed by atoms with Gasteiger partial charge in [-0.25, -0.2) is 9.40 Å². The summed E-state index contributed by atoms with van der Waals surface area (Å²) >= 11 is 6.34. The summed E-state index contributed by atoms with van der Waals surface area (Å²) in [5, 5.41) is 7.00. The van der Waals surface area contributed by atoms with Gasteiger partial charge in [0, 0.05) is 12.0 Å². The third-order valence-electron chi connectivity index (χ3n) is 5.05. The number of benzene rings is 3. The van der Waals surface area contributed by atoms with Gasteiger partial charge >= 0.3 is 0 Å². The van der Waals surface area contributed by atoms with Gasteiger partial charge in [-0.15, -0.1) is 0 Å². The highest BCUT2D eigenvalue weighted by Gasteiger charge is 2.42. The van der Waals surface area contributed by atoms with E-state index >= 15 is 0 Å². The number of fused-ring (bicyclic) bond motifs is 3. The molecule has 27 heavy (non-hydrogen) atoms. The Hall–Kier alpha value is -2.85. The molecule has 3 nitrogen and oxygen atoms in total. The van der Waals surface area contributed by atoms with Crippen molar-refractivity contribution in [3.63, 3.8) is 0 Å². The van der Waals surface area contributed by atoms with Crippen LogP contribution in [0.15, 0.2) is 77.9 Å². The van der Waals surface area contributed by atoms with Crippen molar-refractivity contribution in [3.8, 4) is 5.75 Å². The zero-order chi connectivity index (χ0) is 18.4. The third-order valence-corrected chi connectivity index (χ3v) is 5.38. The van der Waals surface area contributed by atoms with Crippen LogP contribution in [0, 0.1) is 5.82 Å². The summed E-state index contributed by atoms with van der Waals surface area (Å²) in [6, 6.07) is 22.5. The fourth-order valence-electron chi connectivity index (χ4n) is 3.78. The highest BCUT2D eigenvalue weighted by atomic mass is 35.5. The maximum Gasteiger partial charge on any atom is 0.218 e. The number of para-hydroxylation sites is 1. The lowest BCUT2D eigenvalue weighted by atomic mass is 9.96. The van der Waals surface area contributed by atoms with Crippen LogP contribution in [0.4, 0.5) is 4.39 Å². The lowest BCUT2D eigenvalue weighted by molar-refractivity contribution is -0.0211. The second-order valence-electron chi connectivity index (χ2n) is 6.66. The monoisotopic (exact) mass is 378 g/mol. The lowest BCUT2D eigenvalue weighted by Crippen LogP contribution is -2.34. The fourth-order valence-corrected chi connectivity index (χ4v) is 4.03. The smallest absolute Gasteiger partial charge is 0.218 e. The Kier molecular flexibility index (Phi) is 3.87. The van der Waals surface area contributed by atoms with E-state index in [-0.39, 0.29) is 6.04 Å². The molecule has 2 atom stereocenters. The van der Waals surface area contributed by atoms with Crippen molar-refractivity contribution < 1.29 is 9.13 Å². The van der Waals surface area contributed by atoms with Gasteiger partial charge in [0.05, 0.1) is 22.3 Å². The molecule has 0 saturated carbocycles. The van der Waals surface area contributed by atoms with Gasteiger partial charge < -0.3 is 4.74 Å². The summed E-state index contributed by atoms with van der Waals surface area (Å²) < 4.78 is 20.8. The van der Waals surface area contributed by atoms with Crippen LogP contribution < -0.4 is 4.74 Å². The van der Waals surface area contributed by atoms with Crippen molar-refractivity contribution >= 4 is 17.3 Å². The molecule has 5 rings (SSSR count). The first-order valence-electron chi connectivity index (χ1n) is 8.83. The first-order chi connectivity index (χ1) is 13.2. The van der Waals surface area contributed by atoms with E-state index in [1.54, 1.807) is 12.1 Å². The van der Waals surface area contributed by atoms with Gasteiger partial charge in [0.1, 0.15) is 11.6 Å². The van der Waals surface area contributed by atoms with E-state index in [9.17, 15) is 4.39 Å². The topological polar surface area (TPSA) is 24.8 Å². The minimum atomic E-state index is -0.709. The number of hydrogen-bond donors (Lipinski definition) is 0. The van der Waals surface area contributed by atoms with Crippen molar-refractivity contribution in [1.82, 2.24) is 5.01 Å². The molecule has 2 aliphatic rings. The molecule has 0 bridgehead atoms. The van der Waals surface area contributed by atoms with Crippen LogP contribution in [0.1, 0.15) is 35.4 Å². The molecule has 0 amide bonds. The summed E-state index contributed by atoms with van der Waals surface area (Å²) in [6.07, 6.45) is 0.0206. The van der Waals surface area contributed by atoms with E-state index in [1.807, 2.05) is 59.6 Å². The largest absolute Gasteiger partial charge is 0.464 e. The minimum absolute atomic E-state index is 0.0224. The van der Waals surface area contributed by atoms with E-state index in [2.05, 4.69) is 0 Å². The highest BCUT2D eigenvalue weighted by molar-refractivity contribution is 6.31. The van der Waals surface area contributed by atoms with Gasteiger partial charge in [0.15, 0.2) is 0 Å². The van der Waals surface area contributed by atoms with Gasteiger partial charge in [-0.3, -0.25) is 0 Å². The van der Waals surface area contributed by atoms with Crippen molar-refractivity contribution in [2.24, 2.45) is 5.10 Å². The fraction of sp³-hybridized carbons (Fsp3) is 0.136. The van der Waals surface area contributed by atoms with Gasteiger partial charge in [-0.1, -0.05) is 66.2 Å². The lowest BCUT2D eigenvalue weighted by Gasteiger charge is -2.38. The van der Waals surface area contributed by atoms with E-state index in [4.69, 9.17) is 21.4 Å². The summed E-state index contributed by atoms with van der Waals surface area (Å²) in [5.41, 5.74) is 3.38. The summed E-state index contributed by atoms with van der Waals surface area (Å²) in [4.78, 5) is 0. The van der Waals surface area contributed by atoms with Crippen LogP contribution in [-0.2, 0) is 0 Å². The predicted molar refractivity (Wildman–Crippen MR) is 103 cm³/mol. The predicted octanol–water partition coefficient (Wildman–Crippen LogP) is 5.72. The van der Waals surface area contributed by atoms with Crippen molar-refractivity contribution in [2.45, 2.75) is 18.7 Å². The first kappa shape index (κ1) is 16.3. The van der Waals surface area contributed by atoms with Crippen LogP contribution in [0.3, 0.4) is 0 Å². The summed E-state index contributed by atoms with van der Waals surface area (Å²) in [6.45, 7) is 0. The number of hydrazone groups is 1. The molecule has 0 aliphatic carbocycles. The van der Waals surface area contributed by atoms with E-state index in [1.165, 1.54) is 6.07 Å². The Balaban J connectivity index is 1.65. The number of ether oxygens (including phenoxy) is 1. The van der Waals surface area contributed by atoms with Gasteiger partial charge in [0.25, 0.3) is 0 Å². The molecule has 0 fully saturated rings. The molecule has 2 heterocycles. The molecule has 5 heteroatoms. The molecule has 0 aromatic heterocycles. The molecule has 3 aromatic carbocycles. The Morgan fingerprint density at radius 3 is 2.56 bits per heavy atom. The number of nitrogens with zero attached hydrogens (tertiary/aromatic N) is 2. The molecule has 134 valence electrons. The van der Waals surface area contributed by atoms with Gasteiger partial charge in [-0.05, 0) is 23.8 Å². The average molecular weight is 379 g/mol. The molecule has 2 unspecified atom stereocenters. The van der Waals surface area contributed by atoms with E-state index in [0.717, 1.165) is 29.0 Å². The molecule has 0 radical (unpaired) electrons. The number of halogens is 2.